The van der Waals surface area contributed by atoms with Gasteiger partial charge in [-0.05, 0) is 0 Å². The molecule has 0 fully saturated rings. The van der Waals surface area contributed by atoms with Gasteiger partial charge in [0.15, 0.2) is 0 Å². The maximum atomic E-state index is 4.32. The molecule has 2 heterocycles. The number of aromatic nitrogens is 2. The van der Waals surface area contributed by atoms with E-state index >= 15 is 0 Å². The maximum absolute atomic E-state index is 4.32. The second-order valence-corrected chi connectivity index (χ2v) is 5.78. The predicted molar refractivity (Wildman–Crippen MR) is 63.0 cm³/mol. The molecule has 76 valence electrons. The topological polar surface area (TPSA) is 25.8 Å². The van der Waals surface area contributed by atoms with Crippen molar-refractivity contribution in [1.29, 1.82) is 0 Å². The molecule has 2 rings (SSSR count). The van der Waals surface area contributed by atoms with E-state index in [9.17, 15) is 0 Å². The number of rotatable bonds is 4. The number of hydrogen-bond donors (Lipinski definition) is 0. The van der Waals surface area contributed by atoms with Crippen LogP contribution in [0.15, 0.2) is 48.8 Å². The van der Waals surface area contributed by atoms with Crippen molar-refractivity contribution in [2.75, 3.05) is 0 Å². The zero-order valence-corrected chi connectivity index (χ0v) is 10.5. The minimum absolute atomic E-state index is 0.0113. The van der Waals surface area contributed by atoms with E-state index in [2.05, 4.69) is 34.2 Å². The first-order valence-electron chi connectivity index (χ1n) is 4.96. The van der Waals surface area contributed by atoms with Crippen LogP contribution < -0.4 is 0 Å². The first-order valence-corrected chi connectivity index (χ1v) is 7.92. The Bertz CT molecular complexity index is 349. The molecule has 0 aliphatic carbocycles. The predicted octanol–water partition coefficient (Wildman–Crippen LogP) is 1.61. The molecule has 0 spiro atoms. The Hall–Kier alpha value is -1.14. The zero-order chi connectivity index (χ0) is 10.3. The van der Waals surface area contributed by atoms with Gasteiger partial charge in [0.25, 0.3) is 0 Å². The molecule has 0 N–H and O–H groups in total. The third-order valence-electron chi connectivity index (χ3n) is 2.06. The van der Waals surface area contributed by atoms with Gasteiger partial charge >= 0.3 is 96.3 Å². The average Bonchev–Trinajstić information content (AvgIpc) is 2.32. The van der Waals surface area contributed by atoms with Crippen LogP contribution in [-0.4, -0.2) is 25.7 Å². The molecule has 0 amide bonds. The summed E-state index contributed by atoms with van der Waals surface area (Å²) in [7, 11) is 0. The molecule has 2 aromatic rings. The fourth-order valence-electron chi connectivity index (χ4n) is 1.32. The van der Waals surface area contributed by atoms with E-state index in [-0.39, 0.29) is 15.8 Å². The van der Waals surface area contributed by atoms with Gasteiger partial charge in [0.1, 0.15) is 0 Å². The van der Waals surface area contributed by atoms with E-state index in [0.717, 1.165) is 10.4 Å². The number of nitrogens with zero attached hydrogens (tertiary/aromatic N) is 2. The van der Waals surface area contributed by atoms with Crippen molar-refractivity contribution in [3.63, 3.8) is 0 Å². The van der Waals surface area contributed by atoms with Gasteiger partial charge in [-0.15, -0.1) is 0 Å². The van der Waals surface area contributed by atoms with Crippen LogP contribution in [0.3, 0.4) is 0 Å². The molecule has 0 aliphatic rings. The van der Waals surface area contributed by atoms with Crippen LogP contribution in [-0.2, 0) is 10.4 Å². The van der Waals surface area contributed by atoms with Crippen LogP contribution in [0.2, 0.25) is 0 Å². The fraction of sp³-hybridized carbons (Fsp3) is 0.167. The summed E-state index contributed by atoms with van der Waals surface area (Å²) in [5.74, 6) is 0. The molecular weight excluding hydrogens is 247 g/mol. The van der Waals surface area contributed by atoms with Crippen molar-refractivity contribution in [3.05, 3.63) is 60.2 Å². The van der Waals surface area contributed by atoms with Crippen LogP contribution in [0, 0.1) is 0 Å². The molecule has 0 aliphatic heterocycles. The minimum atomic E-state index is 0.0113. The fourth-order valence-corrected chi connectivity index (χ4v) is 3.54. The van der Waals surface area contributed by atoms with Crippen LogP contribution in [0.4, 0.5) is 0 Å². The summed E-state index contributed by atoms with van der Waals surface area (Å²) >= 11 is 0.0113. The third-order valence-corrected chi connectivity index (χ3v) is 4.63. The molecule has 2 aromatic heterocycles. The van der Waals surface area contributed by atoms with Gasteiger partial charge in [0.05, 0.1) is 0 Å². The van der Waals surface area contributed by atoms with Gasteiger partial charge in [-0.1, -0.05) is 0 Å². The third kappa shape index (κ3) is 3.48. The molecule has 0 aromatic carbocycles. The normalized spacial score (nSPS) is 10.1. The standard InChI is InChI=1S/C12H13AsN2/c1-3-7-14-11(5-1)9-13-10-12-6-2-4-8-15-12/h1-8,13H,9-10H2. The van der Waals surface area contributed by atoms with Crippen LogP contribution >= 0.6 is 0 Å². The first-order chi connectivity index (χ1) is 7.45. The van der Waals surface area contributed by atoms with E-state index < -0.39 is 0 Å². The van der Waals surface area contributed by atoms with Crippen LogP contribution in [0.25, 0.3) is 0 Å². The molecule has 15 heavy (non-hydrogen) atoms. The van der Waals surface area contributed by atoms with Crippen molar-refractivity contribution in [1.82, 2.24) is 9.97 Å². The van der Waals surface area contributed by atoms with Gasteiger partial charge < -0.3 is 0 Å². The molecular formula is C12H13AsN2. The molecule has 0 atom stereocenters. The van der Waals surface area contributed by atoms with E-state index in [1.165, 1.54) is 11.4 Å². The Morgan fingerprint density at radius 3 is 1.73 bits per heavy atom. The summed E-state index contributed by atoms with van der Waals surface area (Å²) in [4.78, 5) is 8.64. The second-order valence-electron chi connectivity index (χ2n) is 3.25. The molecule has 0 saturated heterocycles. The monoisotopic (exact) mass is 260 g/mol. The van der Waals surface area contributed by atoms with Crippen molar-refractivity contribution < 1.29 is 0 Å². The summed E-state index contributed by atoms with van der Waals surface area (Å²) < 4.78 is 0. The summed E-state index contributed by atoms with van der Waals surface area (Å²) in [5, 5.41) is 2.30. The molecule has 0 unspecified atom stereocenters. The van der Waals surface area contributed by atoms with Crippen molar-refractivity contribution >= 4 is 15.8 Å². The van der Waals surface area contributed by atoms with Crippen molar-refractivity contribution in [2.24, 2.45) is 0 Å². The zero-order valence-electron chi connectivity index (χ0n) is 8.43. The molecule has 0 radical (unpaired) electrons. The van der Waals surface area contributed by atoms with Crippen molar-refractivity contribution in [3.8, 4) is 0 Å². The van der Waals surface area contributed by atoms with E-state index in [1.807, 2.05) is 24.5 Å². The Balaban J connectivity index is 1.81. The Morgan fingerprint density at radius 1 is 0.800 bits per heavy atom. The average molecular weight is 260 g/mol. The van der Waals surface area contributed by atoms with Gasteiger partial charge in [-0.25, -0.2) is 0 Å². The molecule has 3 heteroatoms. The number of hydrogen-bond acceptors (Lipinski definition) is 2. The second kappa shape index (κ2) is 5.67. The van der Waals surface area contributed by atoms with Gasteiger partial charge in [0, 0.05) is 0 Å². The van der Waals surface area contributed by atoms with E-state index in [1.54, 1.807) is 0 Å². The summed E-state index contributed by atoms with van der Waals surface area (Å²) in [6.07, 6.45) is 3.73. The van der Waals surface area contributed by atoms with Crippen LogP contribution in [0.1, 0.15) is 11.4 Å². The van der Waals surface area contributed by atoms with E-state index in [4.69, 9.17) is 0 Å². The Labute approximate surface area is 96.5 Å². The SMILES string of the molecule is c1ccc(C[AsH]Cc2ccccn2)nc1. The van der Waals surface area contributed by atoms with Crippen LogP contribution in [0.5, 0.6) is 0 Å². The van der Waals surface area contributed by atoms with Gasteiger partial charge in [-0.2, -0.15) is 0 Å². The quantitative estimate of drug-likeness (QED) is 0.780. The van der Waals surface area contributed by atoms with Gasteiger partial charge in [0.2, 0.25) is 0 Å². The van der Waals surface area contributed by atoms with Crippen molar-refractivity contribution in [2.45, 2.75) is 10.4 Å². The van der Waals surface area contributed by atoms with Gasteiger partial charge in [-0.3, -0.25) is 0 Å². The van der Waals surface area contributed by atoms with E-state index in [0.29, 0.717) is 0 Å². The number of pyridine rings is 2. The first kappa shape index (κ1) is 10.4. The molecule has 0 bridgehead atoms. The molecule has 0 saturated carbocycles. The Kier molecular flexibility index (Phi) is 3.92. The summed E-state index contributed by atoms with van der Waals surface area (Å²) in [5.41, 5.74) is 2.43. The summed E-state index contributed by atoms with van der Waals surface area (Å²) in [6.45, 7) is 0. The molecule has 2 nitrogen and oxygen atoms in total. The summed E-state index contributed by atoms with van der Waals surface area (Å²) in [6, 6.07) is 12.2. The Morgan fingerprint density at radius 2 is 1.33 bits per heavy atom.